The zero-order valence-corrected chi connectivity index (χ0v) is 11.6. The zero-order valence-electron chi connectivity index (χ0n) is 10.8. The number of hydrogen-bond donors (Lipinski definition) is 0. The first-order chi connectivity index (χ1) is 8.58. The number of benzene rings is 1. The van der Waals surface area contributed by atoms with Gasteiger partial charge in [-0.05, 0) is 41.9 Å². The molecule has 1 aromatic rings. The molecule has 96 valence electrons. The van der Waals surface area contributed by atoms with Crippen LogP contribution in [-0.4, -0.2) is 13.0 Å². The van der Waals surface area contributed by atoms with E-state index in [0.717, 1.165) is 18.0 Å². The zero-order chi connectivity index (χ0) is 12.9. The van der Waals surface area contributed by atoms with Gasteiger partial charge in [-0.25, -0.2) is 0 Å². The summed E-state index contributed by atoms with van der Waals surface area (Å²) in [4.78, 5) is 13.4. The average molecular weight is 264 g/mol. The predicted molar refractivity (Wildman–Crippen MR) is 74.0 cm³/mol. The minimum absolute atomic E-state index is 0.133. The SMILES string of the molecule is CC1CC1C(Cl)c1ccc2c(c1)CCC(=O)N2C. The van der Waals surface area contributed by atoms with Gasteiger partial charge < -0.3 is 4.90 Å². The highest BCUT2D eigenvalue weighted by Crippen LogP contribution is 2.50. The Kier molecular flexibility index (Phi) is 2.86. The summed E-state index contributed by atoms with van der Waals surface area (Å²) in [5.41, 5.74) is 3.52. The Bertz CT molecular complexity index is 499. The van der Waals surface area contributed by atoms with E-state index >= 15 is 0 Å². The van der Waals surface area contributed by atoms with Gasteiger partial charge in [-0.1, -0.05) is 19.1 Å². The Hall–Kier alpha value is -1.02. The third kappa shape index (κ3) is 1.93. The fraction of sp³-hybridized carbons (Fsp3) is 0.533. The van der Waals surface area contributed by atoms with Gasteiger partial charge in [-0.2, -0.15) is 0 Å². The van der Waals surface area contributed by atoms with E-state index < -0.39 is 0 Å². The molecule has 2 aliphatic rings. The molecule has 1 aromatic carbocycles. The summed E-state index contributed by atoms with van der Waals surface area (Å²) >= 11 is 6.53. The standard InChI is InChI=1S/C15H18ClNO/c1-9-7-12(9)15(16)11-3-5-13-10(8-11)4-6-14(18)17(13)2/h3,5,8-9,12,15H,4,6-7H2,1-2H3. The number of aryl methyl sites for hydroxylation is 1. The van der Waals surface area contributed by atoms with E-state index in [2.05, 4.69) is 19.1 Å². The Morgan fingerprint density at radius 2 is 2.11 bits per heavy atom. The molecular formula is C15H18ClNO. The van der Waals surface area contributed by atoms with Crippen molar-refractivity contribution in [2.75, 3.05) is 11.9 Å². The first kappa shape index (κ1) is 12.0. The smallest absolute Gasteiger partial charge is 0.227 e. The summed E-state index contributed by atoms with van der Waals surface area (Å²) in [6.45, 7) is 2.25. The molecule has 0 bridgehead atoms. The second-order valence-corrected chi connectivity index (χ2v) is 6.09. The summed E-state index contributed by atoms with van der Waals surface area (Å²) in [6, 6.07) is 6.32. The Labute approximate surface area is 113 Å². The lowest BCUT2D eigenvalue weighted by Crippen LogP contribution is -2.31. The van der Waals surface area contributed by atoms with Gasteiger partial charge in [-0.15, -0.1) is 11.6 Å². The molecule has 0 spiro atoms. The lowest BCUT2D eigenvalue weighted by molar-refractivity contribution is -0.118. The van der Waals surface area contributed by atoms with Crippen molar-refractivity contribution in [3.63, 3.8) is 0 Å². The number of nitrogens with zero attached hydrogens (tertiary/aromatic N) is 1. The number of anilines is 1. The predicted octanol–water partition coefficient (Wildman–Crippen LogP) is 3.53. The van der Waals surface area contributed by atoms with Crippen LogP contribution in [0.5, 0.6) is 0 Å². The molecule has 1 aliphatic heterocycles. The van der Waals surface area contributed by atoms with Gasteiger partial charge in [0, 0.05) is 19.2 Å². The minimum Gasteiger partial charge on any atom is -0.315 e. The van der Waals surface area contributed by atoms with Crippen molar-refractivity contribution in [1.29, 1.82) is 0 Å². The summed E-state index contributed by atoms with van der Waals surface area (Å²) in [6.07, 6.45) is 2.69. The van der Waals surface area contributed by atoms with Crippen LogP contribution in [0.25, 0.3) is 0 Å². The molecular weight excluding hydrogens is 246 g/mol. The maximum Gasteiger partial charge on any atom is 0.227 e. The van der Waals surface area contributed by atoms with Gasteiger partial charge in [0.25, 0.3) is 0 Å². The Morgan fingerprint density at radius 1 is 1.39 bits per heavy atom. The topological polar surface area (TPSA) is 20.3 Å². The third-order valence-corrected chi connectivity index (χ3v) is 4.89. The fourth-order valence-corrected chi connectivity index (χ4v) is 3.34. The molecule has 0 saturated heterocycles. The van der Waals surface area contributed by atoms with Crippen LogP contribution in [0, 0.1) is 11.8 Å². The molecule has 1 heterocycles. The van der Waals surface area contributed by atoms with Crippen molar-refractivity contribution in [3.05, 3.63) is 29.3 Å². The van der Waals surface area contributed by atoms with Gasteiger partial charge in [0.2, 0.25) is 5.91 Å². The van der Waals surface area contributed by atoms with Crippen molar-refractivity contribution in [1.82, 2.24) is 0 Å². The summed E-state index contributed by atoms with van der Waals surface area (Å²) < 4.78 is 0. The Morgan fingerprint density at radius 3 is 2.78 bits per heavy atom. The lowest BCUT2D eigenvalue weighted by Gasteiger charge is -2.26. The molecule has 3 heteroatoms. The molecule has 0 aromatic heterocycles. The van der Waals surface area contributed by atoms with Crippen molar-refractivity contribution in [2.24, 2.45) is 11.8 Å². The third-order valence-electron chi connectivity index (χ3n) is 4.31. The van der Waals surface area contributed by atoms with Gasteiger partial charge in [0.15, 0.2) is 0 Å². The maximum atomic E-state index is 11.6. The highest BCUT2D eigenvalue weighted by Gasteiger charge is 2.39. The highest BCUT2D eigenvalue weighted by atomic mass is 35.5. The summed E-state index contributed by atoms with van der Waals surface area (Å²) in [5.74, 6) is 1.59. The number of carbonyl (C=O) groups is 1. The number of halogens is 1. The number of hydrogen-bond acceptors (Lipinski definition) is 1. The van der Waals surface area contributed by atoms with Crippen molar-refractivity contribution >= 4 is 23.2 Å². The van der Waals surface area contributed by atoms with Crippen molar-refractivity contribution in [3.8, 4) is 0 Å². The fourth-order valence-electron chi connectivity index (χ4n) is 2.85. The van der Waals surface area contributed by atoms with Crippen LogP contribution in [0.3, 0.4) is 0 Å². The normalized spacial score (nSPS) is 27.9. The summed E-state index contributed by atoms with van der Waals surface area (Å²) in [5, 5.41) is 0.133. The van der Waals surface area contributed by atoms with Crippen LogP contribution >= 0.6 is 11.6 Å². The van der Waals surface area contributed by atoms with Gasteiger partial charge in [-0.3, -0.25) is 4.79 Å². The monoisotopic (exact) mass is 263 g/mol. The van der Waals surface area contributed by atoms with Crippen LogP contribution in [0.15, 0.2) is 18.2 Å². The molecule has 1 amide bonds. The van der Waals surface area contributed by atoms with Crippen LogP contribution in [0.1, 0.15) is 36.3 Å². The first-order valence-electron chi connectivity index (χ1n) is 6.61. The number of carbonyl (C=O) groups excluding carboxylic acids is 1. The number of alkyl halides is 1. The van der Waals surface area contributed by atoms with Gasteiger partial charge >= 0.3 is 0 Å². The van der Waals surface area contributed by atoms with Crippen molar-refractivity contribution < 1.29 is 4.79 Å². The molecule has 1 fully saturated rings. The number of rotatable bonds is 2. The number of fused-ring (bicyclic) bond motifs is 1. The summed E-state index contributed by atoms with van der Waals surface area (Å²) in [7, 11) is 1.85. The van der Waals surface area contributed by atoms with E-state index in [1.165, 1.54) is 17.5 Å². The Balaban J connectivity index is 1.89. The van der Waals surface area contributed by atoms with Crippen LogP contribution in [0.4, 0.5) is 5.69 Å². The largest absolute Gasteiger partial charge is 0.315 e. The molecule has 1 saturated carbocycles. The van der Waals surface area contributed by atoms with Crippen LogP contribution in [-0.2, 0) is 11.2 Å². The van der Waals surface area contributed by atoms with Crippen LogP contribution < -0.4 is 4.90 Å². The van der Waals surface area contributed by atoms with Crippen LogP contribution in [0.2, 0.25) is 0 Å². The minimum atomic E-state index is 0.133. The first-order valence-corrected chi connectivity index (χ1v) is 7.05. The molecule has 0 N–H and O–H groups in total. The average Bonchev–Trinajstić information content (AvgIpc) is 3.10. The van der Waals surface area contributed by atoms with E-state index in [1.807, 2.05) is 13.1 Å². The molecule has 1 aliphatic carbocycles. The second kappa shape index (κ2) is 4.27. The molecule has 3 rings (SSSR count). The van der Waals surface area contributed by atoms with E-state index in [1.54, 1.807) is 4.90 Å². The lowest BCUT2D eigenvalue weighted by atomic mass is 9.96. The quantitative estimate of drug-likeness (QED) is 0.748. The van der Waals surface area contributed by atoms with E-state index in [9.17, 15) is 4.79 Å². The molecule has 3 atom stereocenters. The molecule has 18 heavy (non-hydrogen) atoms. The van der Waals surface area contributed by atoms with E-state index in [0.29, 0.717) is 12.3 Å². The van der Waals surface area contributed by atoms with Crippen molar-refractivity contribution in [2.45, 2.75) is 31.6 Å². The van der Waals surface area contributed by atoms with Gasteiger partial charge in [0.05, 0.1) is 5.38 Å². The maximum absolute atomic E-state index is 11.6. The van der Waals surface area contributed by atoms with Gasteiger partial charge in [0.1, 0.15) is 0 Å². The molecule has 3 unspecified atom stereocenters. The van der Waals surface area contributed by atoms with E-state index in [4.69, 9.17) is 11.6 Å². The second-order valence-electron chi connectivity index (χ2n) is 5.62. The molecule has 0 radical (unpaired) electrons. The highest BCUT2D eigenvalue weighted by molar-refractivity contribution is 6.21. The van der Waals surface area contributed by atoms with E-state index in [-0.39, 0.29) is 11.3 Å². The molecule has 2 nitrogen and oxygen atoms in total. The number of amides is 1.